The molecule has 0 spiro atoms. The van der Waals surface area contributed by atoms with Gasteiger partial charge in [-0.2, -0.15) is 0 Å². The van der Waals surface area contributed by atoms with Crippen molar-refractivity contribution in [3.63, 3.8) is 0 Å². The zero-order valence-corrected chi connectivity index (χ0v) is 10.3. The molecule has 0 radical (unpaired) electrons. The van der Waals surface area contributed by atoms with Crippen molar-refractivity contribution >= 4 is 10.0 Å². The summed E-state index contributed by atoms with van der Waals surface area (Å²) in [6.45, 7) is 1.90. The number of aryl methyl sites for hydroxylation is 1. The van der Waals surface area contributed by atoms with Crippen LogP contribution in [0.5, 0.6) is 0 Å². The Labute approximate surface area is 96.9 Å². The lowest BCUT2D eigenvalue weighted by Gasteiger charge is -2.12. The van der Waals surface area contributed by atoms with Crippen molar-refractivity contribution in [1.29, 1.82) is 0 Å². The molecule has 0 atom stereocenters. The van der Waals surface area contributed by atoms with Gasteiger partial charge in [0.05, 0.1) is 4.90 Å². The highest BCUT2D eigenvalue weighted by atomic mass is 32.2. The van der Waals surface area contributed by atoms with E-state index in [1.165, 1.54) is 0 Å². The van der Waals surface area contributed by atoms with Crippen molar-refractivity contribution in [2.75, 3.05) is 0 Å². The van der Waals surface area contributed by atoms with Gasteiger partial charge in [-0.05, 0) is 37.5 Å². The fourth-order valence-corrected chi connectivity index (χ4v) is 3.52. The Morgan fingerprint density at radius 2 is 1.94 bits per heavy atom. The molecule has 4 heteroatoms. The van der Waals surface area contributed by atoms with Gasteiger partial charge in [0, 0.05) is 6.04 Å². The summed E-state index contributed by atoms with van der Waals surface area (Å²) in [7, 11) is -3.32. The van der Waals surface area contributed by atoms with E-state index in [0.29, 0.717) is 4.90 Å². The summed E-state index contributed by atoms with van der Waals surface area (Å²) in [5.41, 5.74) is 0.967. The van der Waals surface area contributed by atoms with Gasteiger partial charge in [-0.25, -0.2) is 13.1 Å². The Bertz CT molecular complexity index is 462. The summed E-state index contributed by atoms with van der Waals surface area (Å²) in [5, 5.41) is 0. The van der Waals surface area contributed by atoms with Crippen molar-refractivity contribution in [2.45, 2.75) is 43.5 Å². The van der Waals surface area contributed by atoms with Gasteiger partial charge in [-0.3, -0.25) is 0 Å². The average molecular weight is 239 g/mol. The van der Waals surface area contributed by atoms with Crippen molar-refractivity contribution in [1.82, 2.24) is 4.72 Å². The molecule has 0 aliphatic heterocycles. The van der Waals surface area contributed by atoms with Crippen LogP contribution in [0.15, 0.2) is 29.2 Å². The maximum Gasteiger partial charge on any atom is 0.240 e. The Morgan fingerprint density at radius 1 is 1.25 bits per heavy atom. The van der Waals surface area contributed by atoms with Gasteiger partial charge in [0.2, 0.25) is 10.0 Å². The second-order valence-corrected chi connectivity index (χ2v) is 6.13. The number of hydrogen-bond acceptors (Lipinski definition) is 2. The molecule has 0 amide bonds. The monoisotopic (exact) mass is 239 g/mol. The molecule has 3 nitrogen and oxygen atoms in total. The molecule has 1 N–H and O–H groups in total. The highest BCUT2D eigenvalue weighted by Gasteiger charge is 2.22. The molecule has 1 aromatic carbocycles. The third-order valence-corrected chi connectivity index (χ3v) is 4.49. The molecule has 2 rings (SSSR count). The molecule has 0 unspecified atom stereocenters. The second kappa shape index (κ2) is 4.55. The van der Waals surface area contributed by atoms with Gasteiger partial charge >= 0.3 is 0 Å². The van der Waals surface area contributed by atoms with Gasteiger partial charge in [-0.1, -0.05) is 25.0 Å². The molecule has 1 aliphatic carbocycles. The number of sulfonamides is 1. The van der Waals surface area contributed by atoms with E-state index in [9.17, 15) is 8.42 Å². The quantitative estimate of drug-likeness (QED) is 0.879. The second-order valence-electron chi connectivity index (χ2n) is 4.42. The maximum absolute atomic E-state index is 12.0. The van der Waals surface area contributed by atoms with E-state index in [0.717, 1.165) is 31.2 Å². The number of rotatable bonds is 3. The minimum Gasteiger partial charge on any atom is -0.208 e. The standard InChI is InChI=1S/C12H17NO2S/c1-10-5-4-8-12(9-10)16(14,15)13-11-6-2-3-7-11/h4-5,8-9,11,13H,2-3,6-7H2,1H3. The zero-order valence-electron chi connectivity index (χ0n) is 9.44. The summed E-state index contributed by atoms with van der Waals surface area (Å²) in [6, 6.07) is 7.15. The van der Waals surface area contributed by atoms with Crippen LogP contribution in [-0.4, -0.2) is 14.5 Å². The molecule has 0 heterocycles. The molecule has 1 aromatic rings. The third kappa shape index (κ3) is 2.62. The normalized spacial score (nSPS) is 17.8. The highest BCUT2D eigenvalue weighted by Crippen LogP contribution is 2.20. The van der Waals surface area contributed by atoms with Crippen molar-refractivity contribution in [3.8, 4) is 0 Å². The fraction of sp³-hybridized carbons (Fsp3) is 0.500. The molecule has 88 valence electrons. The Hall–Kier alpha value is -0.870. The Morgan fingerprint density at radius 3 is 2.56 bits per heavy atom. The number of benzene rings is 1. The van der Waals surface area contributed by atoms with Crippen LogP contribution in [0.1, 0.15) is 31.2 Å². The SMILES string of the molecule is Cc1cccc(S(=O)(=O)NC2CCCC2)c1. The van der Waals surface area contributed by atoms with Crippen LogP contribution in [0, 0.1) is 6.92 Å². The van der Waals surface area contributed by atoms with E-state index < -0.39 is 10.0 Å². The number of nitrogens with one attached hydrogen (secondary N) is 1. The van der Waals surface area contributed by atoms with Gasteiger partial charge < -0.3 is 0 Å². The first-order valence-corrected chi connectivity index (χ1v) is 7.15. The lowest BCUT2D eigenvalue weighted by Crippen LogP contribution is -2.32. The minimum atomic E-state index is -3.32. The highest BCUT2D eigenvalue weighted by molar-refractivity contribution is 7.89. The topological polar surface area (TPSA) is 46.2 Å². The lowest BCUT2D eigenvalue weighted by molar-refractivity contribution is 0.552. The predicted molar refractivity (Wildman–Crippen MR) is 63.8 cm³/mol. The molecule has 1 saturated carbocycles. The third-order valence-electron chi connectivity index (χ3n) is 2.98. The van der Waals surface area contributed by atoms with Gasteiger partial charge in [0.1, 0.15) is 0 Å². The summed E-state index contributed by atoms with van der Waals surface area (Å²) >= 11 is 0. The van der Waals surface area contributed by atoms with Gasteiger partial charge in [0.15, 0.2) is 0 Å². The molecule has 1 fully saturated rings. The first kappa shape index (κ1) is 11.6. The molecular weight excluding hydrogens is 222 g/mol. The van der Waals surface area contributed by atoms with Gasteiger partial charge in [-0.15, -0.1) is 0 Å². The summed E-state index contributed by atoms with van der Waals surface area (Å²) < 4.78 is 26.8. The maximum atomic E-state index is 12.0. The van der Waals surface area contributed by atoms with Crippen LogP contribution in [0.3, 0.4) is 0 Å². The van der Waals surface area contributed by atoms with Crippen LogP contribution in [0.2, 0.25) is 0 Å². The van der Waals surface area contributed by atoms with Gasteiger partial charge in [0.25, 0.3) is 0 Å². The van der Waals surface area contributed by atoms with E-state index >= 15 is 0 Å². The van der Waals surface area contributed by atoms with E-state index in [-0.39, 0.29) is 6.04 Å². The smallest absolute Gasteiger partial charge is 0.208 e. The van der Waals surface area contributed by atoms with Crippen molar-refractivity contribution in [2.24, 2.45) is 0 Å². The minimum absolute atomic E-state index is 0.130. The molecular formula is C12H17NO2S. The van der Waals surface area contributed by atoms with E-state index in [2.05, 4.69) is 4.72 Å². The largest absolute Gasteiger partial charge is 0.240 e. The fourth-order valence-electron chi connectivity index (χ4n) is 2.11. The zero-order chi connectivity index (χ0) is 11.6. The molecule has 0 aromatic heterocycles. The Balaban J connectivity index is 2.18. The predicted octanol–water partition coefficient (Wildman–Crippen LogP) is 2.22. The van der Waals surface area contributed by atoms with E-state index in [1.54, 1.807) is 18.2 Å². The molecule has 1 aliphatic rings. The van der Waals surface area contributed by atoms with Crippen molar-refractivity contribution < 1.29 is 8.42 Å². The van der Waals surface area contributed by atoms with Crippen LogP contribution in [0.4, 0.5) is 0 Å². The van der Waals surface area contributed by atoms with Crippen LogP contribution in [-0.2, 0) is 10.0 Å². The van der Waals surface area contributed by atoms with E-state index in [4.69, 9.17) is 0 Å². The first-order valence-electron chi connectivity index (χ1n) is 5.67. The van der Waals surface area contributed by atoms with Crippen LogP contribution < -0.4 is 4.72 Å². The molecule has 16 heavy (non-hydrogen) atoms. The van der Waals surface area contributed by atoms with E-state index in [1.807, 2.05) is 13.0 Å². The van der Waals surface area contributed by atoms with Crippen molar-refractivity contribution in [3.05, 3.63) is 29.8 Å². The van der Waals surface area contributed by atoms with Crippen LogP contribution >= 0.6 is 0 Å². The number of hydrogen-bond donors (Lipinski definition) is 1. The lowest BCUT2D eigenvalue weighted by atomic mass is 10.2. The average Bonchev–Trinajstić information content (AvgIpc) is 2.70. The summed E-state index contributed by atoms with van der Waals surface area (Å²) in [4.78, 5) is 0.374. The Kier molecular flexibility index (Phi) is 3.30. The summed E-state index contributed by atoms with van der Waals surface area (Å²) in [5.74, 6) is 0. The molecule has 0 bridgehead atoms. The van der Waals surface area contributed by atoms with Crippen LogP contribution in [0.25, 0.3) is 0 Å². The first-order chi connectivity index (χ1) is 7.58. The molecule has 0 saturated heterocycles. The summed E-state index contributed by atoms with van der Waals surface area (Å²) in [6.07, 6.45) is 4.18.